The number of carbonyl (C=O) groups is 3. The normalized spacial score (nSPS) is 9.96. The van der Waals surface area contributed by atoms with Gasteiger partial charge >= 0.3 is 0 Å². The molecule has 1 heterocycles. The molecule has 25 heavy (non-hydrogen) atoms. The summed E-state index contributed by atoms with van der Waals surface area (Å²) in [7, 11) is 0. The summed E-state index contributed by atoms with van der Waals surface area (Å²) in [4.78, 5) is 38.5. The molecule has 0 saturated heterocycles. The molecule has 0 aliphatic rings. The highest BCUT2D eigenvalue weighted by Crippen LogP contribution is 2.07. The number of nitrogens with one attached hydrogen (secondary N) is 3. The highest BCUT2D eigenvalue weighted by atomic mass is 19.1. The fourth-order valence-electron chi connectivity index (χ4n) is 1.70. The molecule has 0 spiro atoms. The second kappa shape index (κ2) is 9.08. The lowest BCUT2D eigenvalue weighted by atomic mass is 10.3. The Morgan fingerprint density at radius 1 is 1.00 bits per heavy atom. The van der Waals surface area contributed by atoms with Crippen LogP contribution in [0.1, 0.15) is 10.4 Å². The number of pyridine rings is 1. The number of amides is 3. The first-order valence-electron chi connectivity index (χ1n) is 7.17. The third kappa shape index (κ3) is 6.36. The summed E-state index contributed by atoms with van der Waals surface area (Å²) >= 11 is 0. The van der Waals surface area contributed by atoms with Crippen LogP contribution < -0.4 is 16.2 Å². The van der Waals surface area contributed by atoms with Crippen LogP contribution in [-0.4, -0.2) is 35.9 Å². The van der Waals surface area contributed by atoms with Crippen molar-refractivity contribution in [1.82, 2.24) is 15.8 Å². The van der Waals surface area contributed by atoms with E-state index in [0.717, 1.165) is 0 Å². The number of hydrogen-bond donors (Lipinski definition) is 3. The van der Waals surface area contributed by atoms with Crippen molar-refractivity contribution in [1.29, 1.82) is 0 Å². The fourth-order valence-corrected chi connectivity index (χ4v) is 1.70. The van der Waals surface area contributed by atoms with E-state index in [9.17, 15) is 18.8 Å². The number of hydrazine groups is 1. The van der Waals surface area contributed by atoms with E-state index in [4.69, 9.17) is 4.74 Å². The van der Waals surface area contributed by atoms with Crippen molar-refractivity contribution < 1.29 is 23.5 Å². The van der Waals surface area contributed by atoms with Gasteiger partial charge in [0, 0.05) is 18.1 Å². The largest absolute Gasteiger partial charge is 0.362 e. The maximum absolute atomic E-state index is 12.7. The number of nitrogens with zero attached hydrogens (tertiary/aromatic N) is 1. The van der Waals surface area contributed by atoms with Crippen molar-refractivity contribution in [3.05, 3.63) is 60.2 Å². The van der Waals surface area contributed by atoms with Crippen molar-refractivity contribution in [2.45, 2.75) is 0 Å². The van der Waals surface area contributed by atoms with Crippen molar-refractivity contribution >= 4 is 23.4 Å². The van der Waals surface area contributed by atoms with Crippen molar-refractivity contribution in [3.8, 4) is 0 Å². The van der Waals surface area contributed by atoms with Crippen molar-refractivity contribution in [2.24, 2.45) is 0 Å². The number of carbonyl (C=O) groups excluding carboxylic acids is 3. The molecule has 0 saturated carbocycles. The average molecular weight is 346 g/mol. The summed E-state index contributed by atoms with van der Waals surface area (Å²) in [5, 5.41) is 2.48. The lowest BCUT2D eigenvalue weighted by Gasteiger charge is -2.08. The highest BCUT2D eigenvalue weighted by molar-refractivity contribution is 5.95. The van der Waals surface area contributed by atoms with Gasteiger partial charge in [0.05, 0.1) is 5.56 Å². The van der Waals surface area contributed by atoms with Crippen molar-refractivity contribution in [3.63, 3.8) is 0 Å². The van der Waals surface area contributed by atoms with Crippen LogP contribution in [0.25, 0.3) is 0 Å². The number of ether oxygens (including phenoxy) is 1. The van der Waals surface area contributed by atoms with Crippen LogP contribution in [0, 0.1) is 5.82 Å². The molecule has 0 aliphatic carbocycles. The maximum Gasteiger partial charge on any atom is 0.271 e. The molecular formula is C16H15FN4O4. The first-order valence-corrected chi connectivity index (χ1v) is 7.17. The van der Waals surface area contributed by atoms with E-state index in [-0.39, 0.29) is 12.2 Å². The van der Waals surface area contributed by atoms with Gasteiger partial charge in [0.15, 0.2) is 0 Å². The number of aromatic nitrogens is 1. The molecule has 8 nitrogen and oxygen atoms in total. The molecule has 3 amide bonds. The van der Waals surface area contributed by atoms with Crippen LogP contribution in [0.3, 0.4) is 0 Å². The van der Waals surface area contributed by atoms with Crippen LogP contribution in [0.5, 0.6) is 0 Å². The van der Waals surface area contributed by atoms with Crippen molar-refractivity contribution in [2.75, 3.05) is 18.5 Å². The third-order valence-electron chi connectivity index (χ3n) is 2.83. The van der Waals surface area contributed by atoms with Gasteiger partial charge in [-0.1, -0.05) is 0 Å². The van der Waals surface area contributed by atoms with Crippen LogP contribution >= 0.6 is 0 Å². The highest BCUT2D eigenvalue weighted by Gasteiger charge is 2.08. The van der Waals surface area contributed by atoms with Gasteiger partial charge in [-0.05, 0) is 36.4 Å². The molecule has 0 atom stereocenters. The number of rotatable bonds is 6. The minimum atomic E-state index is -0.633. The third-order valence-corrected chi connectivity index (χ3v) is 2.83. The predicted octanol–water partition coefficient (Wildman–Crippen LogP) is 0.637. The van der Waals surface area contributed by atoms with Gasteiger partial charge in [-0.3, -0.25) is 30.2 Å². The molecule has 1 aromatic heterocycles. The lowest BCUT2D eigenvalue weighted by Crippen LogP contribution is -2.43. The van der Waals surface area contributed by atoms with E-state index in [1.165, 1.54) is 42.7 Å². The summed E-state index contributed by atoms with van der Waals surface area (Å²) in [6.45, 7) is -0.800. The Bertz CT molecular complexity index is 738. The minimum absolute atomic E-state index is 0.280. The zero-order valence-corrected chi connectivity index (χ0v) is 13.0. The Labute approximate surface area is 142 Å². The molecule has 9 heteroatoms. The van der Waals surface area contributed by atoms with Gasteiger partial charge in [-0.2, -0.15) is 0 Å². The SMILES string of the molecule is O=C(COCC(=O)Nc1ccc(F)cc1)NNC(=O)c1cccnc1. The molecule has 2 rings (SSSR count). The molecule has 130 valence electrons. The zero-order valence-electron chi connectivity index (χ0n) is 13.0. The van der Waals surface area contributed by atoms with E-state index in [2.05, 4.69) is 21.2 Å². The first kappa shape index (κ1) is 18.0. The maximum atomic E-state index is 12.7. The summed E-state index contributed by atoms with van der Waals surface area (Å²) in [6.07, 6.45) is 2.86. The van der Waals surface area contributed by atoms with E-state index in [1.54, 1.807) is 6.07 Å². The zero-order chi connectivity index (χ0) is 18.1. The first-order chi connectivity index (χ1) is 12.0. The molecule has 0 unspecified atom stereocenters. The second-order valence-electron chi connectivity index (χ2n) is 4.79. The van der Waals surface area contributed by atoms with E-state index in [1.807, 2.05) is 0 Å². The Hall–Kier alpha value is -3.33. The monoisotopic (exact) mass is 346 g/mol. The fraction of sp³-hybridized carbons (Fsp3) is 0.125. The standard InChI is InChI=1S/C16H15FN4O4/c17-12-3-5-13(6-4-12)19-14(22)9-25-10-15(23)20-21-16(24)11-2-1-7-18-8-11/h1-8H,9-10H2,(H,19,22)(H,20,23)(H,21,24). The average Bonchev–Trinajstić information content (AvgIpc) is 2.62. The van der Waals surface area contributed by atoms with E-state index >= 15 is 0 Å². The Balaban J connectivity index is 1.64. The van der Waals surface area contributed by atoms with Crippen LogP contribution in [-0.2, 0) is 14.3 Å². The topological polar surface area (TPSA) is 109 Å². The Morgan fingerprint density at radius 2 is 1.72 bits per heavy atom. The number of halogens is 1. The Morgan fingerprint density at radius 3 is 2.40 bits per heavy atom. The lowest BCUT2D eigenvalue weighted by molar-refractivity contribution is -0.129. The number of benzene rings is 1. The van der Waals surface area contributed by atoms with Crippen LogP contribution in [0.4, 0.5) is 10.1 Å². The number of anilines is 1. The summed E-state index contributed by atoms with van der Waals surface area (Å²) in [5.74, 6) is -2.08. The van der Waals surface area contributed by atoms with E-state index in [0.29, 0.717) is 5.69 Å². The minimum Gasteiger partial charge on any atom is -0.362 e. The van der Waals surface area contributed by atoms with Gasteiger partial charge in [-0.25, -0.2) is 4.39 Å². The van der Waals surface area contributed by atoms with Gasteiger partial charge < -0.3 is 10.1 Å². The van der Waals surface area contributed by atoms with Gasteiger partial charge in [-0.15, -0.1) is 0 Å². The van der Waals surface area contributed by atoms with Gasteiger partial charge in [0.2, 0.25) is 5.91 Å². The molecule has 1 aromatic carbocycles. The van der Waals surface area contributed by atoms with E-state index < -0.39 is 30.1 Å². The van der Waals surface area contributed by atoms with Crippen LogP contribution in [0.15, 0.2) is 48.8 Å². The molecule has 0 fully saturated rings. The molecule has 0 aliphatic heterocycles. The molecule has 0 radical (unpaired) electrons. The molecular weight excluding hydrogens is 331 g/mol. The molecule has 0 bridgehead atoms. The van der Waals surface area contributed by atoms with Gasteiger partial charge in [0.25, 0.3) is 11.8 Å². The summed E-state index contributed by atoms with van der Waals surface area (Å²) < 4.78 is 17.7. The smallest absolute Gasteiger partial charge is 0.271 e. The summed E-state index contributed by atoms with van der Waals surface area (Å²) in [6, 6.07) is 8.32. The predicted molar refractivity (Wildman–Crippen MR) is 85.7 cm³/mol. The quantitative estimate of drug-likeness (QED) is 0.665. The second-order valence-corrected chi connectivity index (χ2v) is 4.79. The van der Waals surface area contributed by atoms with Gasteiger partial charge in [0.1, 0.15) is 19.0 Å². The van der Waals surface area contributed by atoms with Crippen LogP contribution in [0.2, 0.25) is 0 Å². The Kier molecular flexibility index (Phi) is 6.55. The summed E-state index contributed by atoms with van der Waals surface area (Å²) in [5.41, 5.74) is 5.02. The molecule has 2 aromatic rings. The molecule has 3 N–H and O–H groups in total. The number of hydrogen-bond acceptors (Lipinski definition) is 5.